The Labute approximate surface area is 185 Å². The van der Waals surface area contributed by atoms with Gasteiger partial charge in [-0.2, -0.15) is 9.61 Å². The molecule has 1 aromatic carbocycles. The summed E-state index contributed by atoms with van der Waals surface area (Å²) in [6.07, 6.45) is 3.21. The normalized spacial score (nSPS) is 11.4. The number of amides is 1. The van der Waals surface area contributed by atoms with Gasteiger partial charge in [0.25, 0.3) is 5.56 Å². The van der Waals surface area contributed by atoms with Gasteiger partial charge in [-0.1, -0.05) is 43.4 Å². The second kappa shape index (κ2) is 9.23. The number of aryl methyl sites for hydroxylation is 1. The van der Waals surface area contributed by atoms with Gasteiger partial charge in [-0.25, -0.2) is 9.97 Å². The fraction of sp³-hybridized carbons (Fsp3) is 0.350. The van der Waals surface area contributed by atoms with Crippen molar-refractivity contribution in [3.05, 3.63) is 45.3 Å². The number of unbranched alkanes of at least 4 members (excludes halogenated alkanes) is 1. The molecule has 0 atom stereocenters. The summed E-state index contributed by atoms with van der Waals surface area (Å²) in [5.41, 5.74) is 2.26. The molecule has 30 heavy (non-hydrogen) atoms. The van der Waals surface area contributed by atoms with Crippen LogP contribution in [-0.4, -0.2) is 25.5 Å². The van der Waals surface area contributed by atoms with Crippen molar-refractivity contribution in [3.63, 3.8) is 0 Å². The van der Waals surface area contributed by atoms with Gasteiger partial charge in [-0.15, -0.1) is 11.3 Å². The number of carbonyl (C=O) groups excluding carboxylic acids is 1. The van der Waals surface area contributed by atoms with E-state index in [0.29, 0.717) is 17.1 Å². The van der Waals surface area contributed by atoms with Crippen LogP contribution >= 0.6 is 34.4 Å². The van der Waals surface area contributed by atoms with Gasteiger partial charge in [0.05, 0.1) is 15.9 Å². The van der Waals surface area contributed by atoms with E-state index in [9.17, 15) is 9.59 Å². The fourth-order valence-corrected chi connectivity index (χ4v) is 5.71. The Morgan fingerprint density at radius 2 is 2.07 bits per heavy atom. The summed E-state index contributed by atoms with van der Waals surface area (Å²) in [5.74, 6) is 0.600. The van der Waals surface area contributed by atoms with Crippen molar-refractivity contribution in [2.45, 2.75) is 49.6 Å². The highest BCUT2D eigenvalue weighted by Crippen LogP contribution is 2.32. The summed E-state index contributed by atoms with van der Waals surface area (Å²) in [5, 5.41) is 8.12. The summed E-state index contributed by atoms with van der Waals surface area (Å²) in [7, 11) is 0. The molecule has 0 aliphatic carbocycles. The largest absolute Gasteiger partial charge is 0.326 e. The standard InChI is InChI=1S/C20H21N5O2S3/c1-3-5-6-16(26)21-12-7-8-14-15(9-12)29-20(23-14)28-11-13-10-18(27)25-19(22-13)30-17(4-2)24-25/h7-10H,3-6,11H2,1-2H3,(H,21,26). The zero-order chi connectivity index (χ0) is 21.1. The lowest BCUT2D eigenvalue weighted by molar-refractivity contribution is -0.116. The molecule has 0 saturated heterocycles. The molecular weight excluding hydrogens is 438 g/mol. The van der Waals surface area contributed by atoms with Crippen molar-refractivity contribution in [3.8, 4) is 0 Å². The molecule has 10 heteroatoms. The maximum absolute atomic E-state index is 12.3. The van der Waals surface area contributed by atoms with Crippen LogP contribution in [0, 0.1) is 0 Å². The van der Waals surface area contributed by atoms with Gasteiger partial charge in [0, 0.05) is 23.9 Å². The minimum Gasteiger partial charge on any atom is -0.326 e. The number of rotatable bonds is 8. The number of nitrogens with one attached hydrogen (secondary N) is 1. The molecule has 0 bridgehead atoms. The molecule has 3 aromatic heterocycles. The third-order valence-corrected chi connectivity index (χ3v) is 7.64. The first-order valence-corrected chi connectivity index (χ1v) is 12.4. The van der Waals surface area contributed by atoms with Crippen LogP contribution in [0.3, 0.4) is 0 Å². The van der Waals surface area contributed by atoms with Gasteiger partial charge >= 0.3 is 0 Å². The first-order valence-electron chi connectivity index (χ1n) is 9.77. The molecule has 3 heterocycles. The van der Waals surface area contributed by atoms with Gasteiger partial charge in [0.2, 0.25) is 10.9 Å². The van der Waals surface area contributed by atoms with E-state index in [0.717, 1.165) is 50.2 Å². The lowest BCUT2D eigenvalue weighted by Crippen LogP contribution is -2.15. The van der Waals surface area contributed by atoms with Crippen LogP contribution in [0.5, 0.6) is 0 Å². The minimum absolute atomic E-state index is 0.0392. The summed E-state index contributed by atoms with van der Waals surface area (Å²) in [4.78, 5) is 34.1. The SMILES string of the molecule is CCCCC(=O)Nc1ccc2nc(SCc3cc(=O)n4nc(CC)sc4n3)sc2c1. The Morgan fingerprint density at radius 1 is 1.20 bits per heavy atom. The van der Waals surface area contributed by atoms with Crippen LogP contribution in [0.4, 0.5) is 5.69 Å². The Hall–Kier alpha value is -2.30. The van der Waals surface area contributed by atoms with E-state index >= 15 is 0 Å². The van der Waals surface area contributed by atoms with E-state index in [1.807, 2.05) is 25.1 Å². The van der Waals surface area contributed by atoms with E-state index < -0.39 is 0 Å². The predicted molar refractivity (Wildman–Crippen MR) is 124 cm³/mol. The Balaban J connectivity index is 1.47. The lowest BCUT2D eigenvalue weighted by Gasteiger charge is -2.04. The Bertz CT molecular complexity index is 1260. The number of anilines is 1. The van der Waals surface area contributed by atoms with E-state index in [4.69, 9.17) is 0 Å². The third-order valence-electron chi connectivity index (χ3n) is 4.40. The number of thiazole rings is 1. The molecule has 156 valence electrons. The average Bonchev–Trinajstić information content (AvgIpc) is 3.34. The van der Waals surface area contributed by atoms with Crippen LogP contribution in [-0.2, 0) is 17.0 Å². The fourth-order valence-electron chi connectivity index (χ4n) is 2.85. The summed E-state index contributed by atoms with van der Waals surface area (Å²) in [6, 6.07) is 7.30. The van der Waals surface area contributed by atoms with Crippen LogP contribution in [0.15, 0.2) is 33.4 Å². The Morgan fingerprint density at radius 3 is 2.87 bits per heavy atom. The quantitative estimate of drug-likeness (QED) is 0.383. The van der Waals surface area contributed by atoms with Crippen LogP contribution in [0.2, 0.25) is 0 Å². The zero-order valence-electron chi connectivity index (χ0n) is 16.7. The van der Waals surface area contributed by atoms with Gasteiger partial charge in [0.1, 0.15) is 5.01 Å². The van der Waals surface area contributed by atoms with Crippen molar-refractivity contribution in [1.29, 1.82) is 0 Å². The molecule has 0 saturated carbocycles. The minimum atomic E-state index is -0.153. The molecule has 0 spiro atoms. The molecule has 0 radical (unpaired) electrons. The highest BCUT2D eigenvalue weighted by atomic mass is 32.2. The molecular formula is C20H21N5O2S3. The van der Waals surface area contributed by atoms with Crippen LogP contribution in [0.1, 0.15) is 43.8 Å². The Kier molecular flexibility index (Phi) is 6.45. The van der Waals surface area contributed by atoms with E-state index in [1.54, 1.807) is 23.1 Å². The molecule has 0 aliphatic heterocycles. The molecule has 4 rings (SSSR count). The highest BCUT2D eigenvalue weighted by Gasteiger charge is 2.11. The smallest absolute Gasteiger partial charge is 0.275 e. The number of fused-ring (bicyclic) bond motifs is 2. The van der Waals surface area contributed by atoms with E-state index in [1.165, 1.54) is 21.9 Å². The molecule has 7 nitrogen and oxygen atoms in total. The summed E-state index contributed by atoms with van der Waals surface area (Å²) >= 11 is 4.57. The monoisotopic (exact) mass is 459 g/mol. The van der Waals surface area contributed by atoms with Gasteiger partial charge in [-0.3, -0.25) is 9.59 Å². The molecule has 0 aliphatic rings. The van der Waals surface area contributed by atoms with Crippen LogP contribution in [0.25, 0.3) is 15.2 Å². The van der Waals surface area contributed by atoms with Crippen molar-refractivity contribution in [2.24, 2.45) is 0 Å². The lowest BCUT2D eigenvalue weighted by atomic mass is 10.2. The number of nitrogens with zero attached hydrogens (tertiary/aromatic N) is 4. The second-order valence-corrected chi connectivity index (χ2v) is 10.0. The van der Waals surface area contributed by atoms with Gasteiger partial charge < -0.3 is 5.32 Å². The number of hydrogen-bond acceptors (Lipinski definition) is 8. The molecule has 0 fully saturated rings. The van der Waals surface area contributed by atoms with Gasteiger partial charge in [-0.05, 0) is 31.0 Å². The summed E-state index contributed by atoms with van der Waals surface area (Å²) in [6.45, 7) is 4.08. The van der Waals surface area contributed by atoms with Crippen molar-refractivity contribution >= 4 is 61.2 Å². The third kappa shape index (κ3) is 4.71. The van der Waals surface area contributed by atoms with E-state index in [2.05, 4.69) is 27.3 Å². The number of benzene rings is 1. The molecule has 1 amide bonds. The number of thioether (sulfide) groups is 1. The number of hydrogen-bond donors (Lipinski definition) is 1. The zero-order valence-corrected chi connectivity index (χ0v) is 19.1. The molecule has 1 N–H and O–H groups in total. The second-order valence-electron chi connectivity index (χ2n) is 6.73. The average molecular weight is 460 g/mol. The maximum atomic E-state index is 12.3. The summed E-state index contributed by atoms with van der Waals surface area (Å²) < 4.78 is 3.29. The number of aromatic nitrogens is 4. The first-order chi connectivity index (χ1) is 14.6. The topological polar surface area (TPSA) is 89.2 Å². The van der Waals surface area contributed by atoms with Crippen LogP contribution < -0.4 is 10.9 Å². The van der Waals surface area contributed by atoms with Crippen molar-refractivity contribution < 1.29 is 4.79 Å². The molecule has 0 unspecified atom stereocenters. The van der Waals surface area contributed by atoms with Crippen molar-refractivity contribution in [1.82, 2.24) is 19.6 Å². The molecule has 4 aromatic rings. The predicted octanol–water partition coefficient (Wildman–Crippen LogP) is 4.74. The maximum Gasteiger partial charge on any atom is 0.275 e. The van der Waals surface area contributed by atoms with Crippen molar-refractivity contribution in [2.75, 3.05) is 5.32 Å². The van der Waals surface area contributed by atoms with E-state index in [-0.39, 0.29) is 11.5 Å². The highest BCUT2D eigenvalue weighted by molar-refractivity contribution is 8.00. The number of carbonyl (C=O) groups is 1. The van der Waals surface area contributed by atoms with Gasteiger partial charge in [0.15, 0.2) is 4.34 Å². The first kappa shape index (κ1) is 21.0.